The van der Waals surface area contributed by atoms with Crippen molar-refractivity contribution in [2.24, 2.45) is 0 Å². The van der Waals surface area contributed by atoms with Crippen molar-refractivity contribution in [2.75, 3.05) is 18.4 Å². The largest absolute Gasteiger partial charge is 0.345 e. The number of rotatable bonds is 7. The summed E-state index contributed by atoms with van der Waals surface area (Å²) in [6.07, 6.45) is 5.40. The Hall–Kier alpha value is -2.37. The van der Waals surface area contributed by atoms with Crippen molar-refractivity contribution in [3.8, 4) is 0 Å². The maximum Gasteiger partial charge on any atom is 0.313 e. The molecule has 0 fully saturated rings. The molecule has 2 N–H and O–H groups in total. The second kappa shape index (κ2) is 8.31. The number of aromatic nitrogens is 2. The van der Waals surface area contributed by atoms with Gasteiger partial charge in [-0.2, -0.15) is 0 Å². The van der Waals surface area contributed by atoms with Crippen LogP contribution in [-0.2, 0) is 9.59 Å². The standard InChI is InChI=1S/C17H24N4O2/c1-3-5-9-21(10-6-4-2)17(23)16(22)20-13-7-8-14-15(11-13)19-12-18-14/h7-8,11-12H,3-6,9-10H2,1-2H3,(H,18,19)(H,20,22). The molecule has 2 rings (SSSR count). The van der Waals surface area contributed by atoms with Crippen LogP contribution in [0.15, 0.2) is 24.5 Å². The van der Waals surface area contributed by atoms with Crippen molar-refractivity contribution in [2.45, 2.75) is 39.5 Å². The molecule has 1 aromatic carbocycles. The molecule has 6 nitrogen and oxygen atoms in total. The minimum absolute atomic E-state index is 0.461. The summed E-state index contributed by atoms with van der Waals surface area (Å²) in [7, 11) is 0. The predicted molar refractivity (Wildman–Crippen MR) is 91.1 cm³/mol. The number of anilines is 1. The lowest BCUT2D eigenvalue weighted by Crippen LogP contribution is -2.40. The summed E-state index contributed by atoms with van der Waals surface area (Å²) < 4.78 is 0. The maximum absolute atomic E-state index is 12.4. The van der Waals surface area contributed by atoms with E-state index in [0.29, 0.717) is 18.8 Å². The summed E-state index contributed by atoms with van der Waals surface area (Å²) in [5.74, 6) is -1.05. The molecule has 23 heavy (non-hydrogen) atoms. The number of nitrogens with one attached hydrogen (secondary N) is 2. The van der Waals surface area contributed by atoms with Gasteiger partial charge in [0, 0.05) is 18.8 Å². The smallest absolute Gasteiger partial charge is 0.313 e. The third-order valence-corrected chi connectivity index (χ3v) is 3.72. The number of carbonyl (C=O) groups is 2. The SMILES string of the molecule is CCCCN(CCCC)C(=O)C(=O)Nc1ccc2nc[nH]c2c1. The Morgan fingerprint density at radius 2 is 1.87 bits per heavy atom. The Balaban J connectivity index is 2.02. The zero-order chi connectivity index (χ0) is 16.7. The monoisotopic (exact) mass is 316 g/mol. The molecule has 0 atom stereocenters. The van der Waals surface area contributed by atoms with Crippen molar-refractivity contribution < 1.29 is 9.59 Å². The molecule has 6 heteroatoms. The van der Waals surface area contributed by atoms with E-state index in [0.717, 1.165) is 36.7 Å². The Morgan fingerprint density at radius 1 is 1.17 bits per heavy atom. The topological polar surface area (TPSA) is 78.1 Å². The van der Waals surface area contributed by atoms with Crippen LogP contribution in [0.4, 0.5) is 5.69 Å². The van der Waals surface area contributed by atoms with Crippen molar-refractivity contribution in [1.29, 1.82) is 0 Å². The molecule has 124 valence electrons. The van der Waals surface area contributed by atoms with Crippen LogP contribution >= 0.6 is 0 Å². The van der Waals surface area contributed by atoms with Crippen LogP contribution in [0.1, 0.15) is 39.5 Å². The van der Waals surface area contributed by atoms with E-state index in [1.54, 1.807) is 29.4 Å². The quantitative estimate of drug-likeness (QED) is 0.771. The number of carbonyl (C=O) groups excluding carboxylic acids is 2. The molecule has 0 aliphatic carbocycles. The van der Waals surface area contributed by atoms with Gasteiger partial charge in [-0.05, 0) is 31.0 Å². The zero-order valence-corrected chi connectivity index (χ0v) is 13.8. The Kier molecular flexibility index (Phi) is 6.14. The maximum atomic E-state index is 12.4. The molecule has 0 bridgehead atoms. The van der Waals surface area contributed by atoms with E-state index in [9.17, 15) is 9.59 Å². The second-order valence-electron chi connectivity index (χ2n) is 5.59. The molecular formula is C17H24N4O2. The Morgan fingerprint density at radius 3 is 2.52 bits per heavy atom. The number of imidazole rings is 1. The highest BCUT2D eigenvalue weighted by atomic mass is 16.2. The highest BCUT2D eigenvalue weighted by Crippen LogP contribution is 2.15. The van der Waals surface area contributed by atoms with Crippen LogP contribution in [0.3, 0.4) is 0 Å². The molecule has 0 unspecified atom stereocenters. The fourth-order valence-electron chi connectivity index (χ4n) is 2.35. The lowest BCUT2D eigenvalue weighted by Gasteiger charge is -2.21. The first-order valence-corrected chi connectivity index (χ1v) is 8.19. The third kappa shape index (κ3) is 4.55. The van der Waals surface area contributed by atoms with Crippen molar-refractivity contribution >= 4 is 28.5 Å². The molecule has 0 saturated carbocycles. The van der Waals surface area contributed by atoms with Crippen molar-refractivity contribution in [3.05, 3.63) is 24.5 Å². The van der Waals surface area contributed by atoms with Gasteiger partial charge in [0.1, 0.15) is 0 Å². The number of fused-ring (bicyclic) bond motifs is 1. The van der Waals surface area contributed by atoms with Gasteiger partial charge < -0.3 is 15.2 Å². The molecule has 2 aromatic rings. The Bertz CT molecular complexity index is 657. The minimum atomic E-state index is -0.587. The molecule has 0 saturated heterocycles. The van der Waals surface area contributed by atoms with Crippen LogP contribution in [0.2, 0.25) is 0 Å². The average Bonchev–Trinajstić information content (AvgIpc) is 3.02. The number of benzene rings is 1. The lowest BCUT2D eigenvalue weighted by atomic mass is 10.2. The highest BCUT2D eigenvalue weighted by Gasteiger charge is 2.21. The number of hydrogen-bond acceptors (Lipinski definition) is 3. The summed E-state index contributed by atoms with van der Waals surface area (Å²) in [6.45, 7) is 5.40. The normalized spacial score (nSPS) is 10.7. The fourth-order valence-corrected chi connectivity index (χ4v) is 2.35. The molecule has 0 radical (unpaired) electrons. The van der Waals surface area contributed by atoms with Gasteiger partial charge in [-0.3, -0.25) is 9.59 Å². The number of nitrogens with zero attached hydrogens (tertiary/aromatic N) is 2. The highest BCUT2D eigenvalue weighted by molar-refractivity contribution is 6.39. The fraction of sp³-hybridized carbons (Fsp3) is 0.471. The van der Waals surface area contributed by atoms with E-state index >= 15 is 0 Å². The first-order chi connectivity index (χ1) is 11.2. The minimum Gasteiger partial charge on any atom is -0.345 e. The van der Waals surface area contributed by atoms with Gasteiger partial charge in [0.25, 0.3) is 0 Å². The number of unbranched alkanes of at least 4 members (excludes halogenated alkanes) is 2. The lowest BCUT2D eigenvalue weighted by molar-refractivity contribution is -0.143. The van der Waals surface area contributed by atoms with E-state index < -0.39 is 11.8 Å². The number of H-pyrrole nitrogens is 1. The first-order valence-electron chi connectivity index (χ1n) is 8.19. The molecule has 2 amide bonds. The number of hydrogen-bond donors (Lipinski definition) is 2. The summed E-state index contributed by atoms with van der Waals surface area (Å²) in [5.41, 5.74) is 2.23. The van der Waals surface area contributed by atoms with Gasteiger partial charge in [-0.1, -0.05) is 26.7 Å². The van der Waals surface area contributed by atoms with Gasteiger partial charge >= 0.3 is 11.8 Å². The Labute approximate surface area is 136 Å². The van der Waals surface area contributed by atoms with Gasteiger partial charge in [0.2, 0.25) is 0 Å². The zero-order valence-electron chi connectivity index (χ0n) is 13.8. The summed E-state index contributed by atoms with van der Waals surface area (Å²) in [6, 6.07) is 5.32. The summed E-state index contributed by atoms with van der Waals surface area (Å²) >= 11 is 0. The van der Waals surface area contributed by atoms with E-state index in [1.165, 1.54) is 0 Å². The number of amides is 2. The third-order valence-electron chi connectivity index (χ3n) is 3.72. The van der Waals surface area contributed by atoms with Crippen LogP contribution in [0.25, 0.3) is 11.0 Å². The molecule has 0 spiro atoms. The molecule has 0 aliphatic heterocycles. The predicted octanol–water partition coefficient (Wildman–Crippen LogP) is 2.93. The summed E-state index contributed by atoms with van der Waals surface area (Å²) in [5, 5.41) is 2.68. The second-order valence-corrected chi connectivity index (χ2v) is 5.59. The van der Waals surface area contributed by atoms with Crippen LogP contribution < -0.4 is 5.32 Å². The first kappa shape index (κ1) is 17.0. The van der Waals surface area contributed by atoms with E-state index in [-0.39, 0.29) is 0 Å². The molecule has 0 aliphatic rings. The molecule has 1 aromatic heterocycles. The van der Waals surface area contributed by atoms with E-state index in [4.69, 9.17) is 0 Å². The van der Waals surface area contributed by atoms with Crippen LogP contribution in [0.5, 0.6) is 0 Å². The van der Waals surface area contributed by atoms with Gasteiger partial charge in [-0.15, -0.1) is 0 Å². The van der Waals surface area contributed by atoms with Crippen LogP contribution in [0, 0.1) is 0 Å². The number of aromatic amines is 1. The van der Waals surface area contributed by atoms with E-state index in [1.807, 2.05) is 0 Å². The summed E-state index contributed by atoms with van der Waals surface area (Å²) in [4.78, 5) is 33.4. The van der Waals surface area contributed by atoms with E-state index in [2.05, 4.69) is 29.1 Å². The van der Waals surface area contributed by atoms with Gasteiger partial charge in [0.05, 0.1) is 17.4 Å². The molecule has 1 heterocycles. The van der Waals surface area contributed by atoms with Crippen molar-refractivity contribution in [1.82, 2.24) is 14.9 Å². The molecular weight excluding hydrogens is 292 g/mol. The van der Waals surface area contributed by atoms with Gasteiger partial charge in [-0.25, -0.2) is 4.98 Å². The van der Waals surface area contributed by atoms with Crippen LogP contribution in [-0.4, -0.2) is 39.8 Å². The average molecular weight is 316 g/mol. The van der Waals surface area contributed by atoms with Crippen molar-refractivity contribution in [3.63, 3.8) is 0 Å². The van der Waals surface area contributed by atoms with Gasteiger partial charge in [0.15, 0.2) is 0 Å².